The van der Waals surface area contributed by atoms with Gasteiger partial charge in [0.2, 0.25) is 0 Å². The standard InChI is InChI=1S/C16H17N3O/c1-18-10-11-19(15-5-3-2-4-14(15)12-18)16(20)13-6-8-17-9-7-13/h2-9H,10-12H2,1H3. The fourth-order valence-corrected chi connectivity index (χ4v) is 2.53. The number of benzene rings is 1. The Morgan fingerprint density at radius 2 is 1.85 bits per heavy atom. The van der Waals surface area contributed by atoms with E-state index < -0.39 is 0 Å². The summed E-state index contributed by atoms with van der Waals surface area (Å²) < 4.78 is 0. The van der Waals surface area contributed by atoms with Crippen molar-refractivity contribution in [3.8, 4) is 0 Å². The van der Waals surface area contributed by atoms with E-state index in [1.54, 1.807) is 24.5 Å². The first kappa shape index (κ1) is 12.8. The van der Waals surface area contributed by atoms with E-state index in [1.165, 1.54) is 5.56 Å². The molecule has 0 fully saturated rings. The van der Waals surface area contributed by atoms with Crippen molar-refractivity contribution in [1.29, 1.82) is 0 Å². The monoisotopic (exact) mass is 267 g/mol. The lowest BCUT2D eigenvalue weighted by Crippen LogP contribution is -2.35. The molecular formula is C16H17N3O. The molecule has 3 rings (SSSR count). The van der Waals surface area contributed by atoms with Crippen molar-refractivity contribution in [3.05, 3.63) is 59.9 Å². The second-order valence-corrected chi connectivity index (χ2v) is 5.06. The molecule has 1 aromatic carbocycles. The van der Waals surface area contributed by atoms with Crippen molar-refractivity contribution in [2.45, 2.75) is 6.54 Å². The van der Waals surface area contributed by atoms with Crippen LogP contribution in [0.4, 0.5) is 5.69 Å². The summed E-state index contributed by atoms with van der Waals surface area (Å²) in [6.07, 6.45) is 3.31. The van der Waals surface area contributed by atoms with E-state index in [4.69, 9.17) is 0 Å². The number of fused-ring (bicyclic) bond motifs is 1. The molecule has 0 bridgehead atoms. The van der Waals surface area contributed by atoms with Crippen LogP contribution in [0.3, 0.4) is 0 Å². The molecular weight excluding hydrogens is 250 g/mol. The third kappa shape index (κ3) is 2.42. The normalized spacial score (nSPS) is 15.6. The SMILES string of the molecule is CN1CCN(C(=O)c2ccncc2)c2ccccc2C1. The van der Waals surface area contributed by atoms with Gasteiger partial charge in [0.15, 0.2) is 0 Å². The quantitative estimate of drug-likeness (QED) is 0.794. The lowest BCUT2D eigenvalue weighted by molar-refractivity contribution is 0.0986. The zero-order valence-corrected chi connectivity index (χ0v) is 11.5. The van der Waals surface area contributed by atoms with Crippen molar-refractivity contribution >= 4 is 11.6 Å². The number of hydrogen-bond donors (Lipinski definition) is 0. The van der Waals surface area contributed by atoms with Crippen LogP contribution in [0.25, 0.3) is 0 Å². The van der Waals surface area contributed by atoms with E-state index in [-0.39, 0.29) is 5.91 Å². The van der Waals surface area contributed by atoms with Crippen LogP contribution < -0.4 is 4.90 Å². The van der Waals surface area contributed by atoms with Gasteiger partial charge in [0.25, 0.3) is 5.91 Å². The van der Waals surface area contributed by atoms with Gasteiger partial charge in [0.1, 0.15) is 0 Å². The minimum absolute atomic E-state index is 0.0372. The molecule has 0 aliphatic carbocycles. The third-order valence-electron chi connectivity index (χ3n) is 3.60. The highest BCUT2D eigenvalue weighted by molar-refractivity contribution is 6.06. The number of likely N-dealkylation sites (N-methyl/N-ethyl adjacent to an activating group) is 1. The zero-order valence-electron chi connectivity index (χ0n) is 11.5. The lowest BCUT2D eigenvalue weighted by atomic mass is 10.1. The first-order valence-electron chi connectivity index (χ1n) is 6.74. The van der Waals surface area contributed by atoms with E-state index in [0.717, 1.165) is 18.8 Å². The molecule has 0 unspecified atom stereocenters. The molecule has 0 spiro atoms. The highest BCUT2D eigenvalue weighted by Gasteiger charge is 2.23. The van der Waals surface area contributed by atoms with Crippen molar-refractivity contribution in [2.24, 2.45) is 0 Å². The number of pyridine rings is 1. The Morgan fingerprint density at radius 3 is 2.65 bits per heavy atom. The third-order valence-corrected chi connectivity index (χ3v) is 3.60. The Bertz CT molecular complexity index is 612. The van der Waals surface area contributed by atoms with Gasteiger partial charge in [-0.3, -0.25) is 9.78 Å². The first-order chi connectivity index (χ1) is 9.75. The van der Waals surface area contributed by atoms with Crippen molar-refractivity contribution in [2.75, 3.05) is 25.0 Å². The Balaban J connectivity index is 1.99. The zero-order chi connectivity index (χ0) is 13.9. The van der Waals surface area contributed by atoms with Gasteiger partial charge in [-0.2, -0.15) is 0 Å². The summed E-state index contributed by atoms with van der Waals surface area (Å²) in [6.45, 7) is 2.44. The van der Waals surface area contributed by atoms with Gasteiger partial charge in [0.05, 0.1) is 0 Å². The van der Waals surface area contributed by atoms with Crippen LogP contribution >= 0.6 is 0 Å². The Kier molecular flexibility index (Phi) is 3.48. The molecule has 1 aliphatic heterocycles. The van der Waals surface area contributed by atoms with Crippen LogP contribution in [-0.2, 0) is 6.54 Å². The van der Waals surface area contributed by atoms with Crippen LogP contribution in [0.15, 0.2) is 48.8 Å². The fourth-order valence-electron chi connectivity index (χ4n) is 2.53. The van der Waals surface area contributed by atoms with Crippen molar-refractivity contribution in [1.82, 2.24) is 9.88 Å². The predicted octanol–water partition coefficient (Wildman–Crippen LogP) is 2.17. The highest BCUT2D eigenvalue weighted by Crippen LogP contribution is 2.25. The average molecular weight is 267 g/mol. The molecule has 1 amide bonds. The summed E-state index contributed by atoms with van der Waals surface area (Å²) in [4.78, 5) is 20.8. The largest absolute Gasteiger partial charge is 0.307 e. The van der Waals surface area contributed by atoms with Crippen molar-refractivity contribution in [3.63, 3.8) is 0 Å². The van der Waals surface area contributed by atoms with Gasteiger partial charge in [-0.05, 0) is 30.8 Å². The van der Waals surface area contributed by atoms with Gasteiger partial charge >= 0.3 is 0 Å². The maximum Gasteiger partial charge on any atom is 0.258 e. The summed E-state index contributed by atoms with van der Waals surface area (Å²) >= 11 is 0. The number of hydrogen-bond acceptors (Lipinski definition) is 3. The average Bonchev–Trinajstić information content (AvgIpc) is 2.66. The number of rotatable bonds is 1. The number of nitrogens with zero attached hydrogens (tertiary/aromatic N) is 3. The smallest absolute Gasteiger partial charge is 0.258 e. The number of amides is 1. The number of carbonyl (C=O) groups excluding carboxylic acids is 1. The van der Waals surface area contributed by atoms with Crippen LogP contribution in [0.5, 0.6) is 0 Å². The molecule has 1 aliphatic rings. The molecule has 102 valence electrons. The molecule has 0 radical (unpaired) electrons. The molecule has 4 nitrogen and oxygen atoms in total. The van der Waals surface area contributed by atoms with Crippen LogP contribution in [-0.4, -0.2) is 35.9 Å². The van der Waals surface area contributed by atoms with Crippen molar-refractivity contribution < 1.29 is 4.79 Å². The highest BCUT2D eigenvalue weighted by atomic mass is 16.2. The van der Waals surface area contributed by atoms with Crippen LogP contribution in [0.2, 0.25) is 0 Å². The molecule has 0 saturated heterocycles. The van der Waals surface area contributed by atoms with Gasteiger partial charge < -0.3 is 9.80 Å². The Hall–Kier alpha value is -2.20. The Morgan fingerprint density at radius 1 is 1.10 bits per heavy atom. The van der Waals surface area contributed by atoms with E-state index in [9.17, 15) is 4.79 Å². The maximum absolute atomic E-state index is 12.7. The minimum Gasteiger partial charge on any atom is -0.307 e. The number of para-hydroxylation sites is 1. The molecule has 20 heavy (non-hydrogen) atoms. The van der Waals surface area contributed by atoms with Crippen LogP contribution in [0.1, 0.15) is 15.9 Å². The molecule has 2 aromatic rings. The van der Waals surface area contributed by atoms with E-state index in [1.807, 2.05) is 23.1 Å². The minimum atomic E-state index is 0.0372. The second kappa shape index (κ2) is 5.43. The fraction of sp³-hybridized carbons (Fsp3) is 0.250. The number of anilines is 1. The summed E-state index contributed by atoms with van der Waals surface area (Å²) in [5.41, 5.74) is 2.88. The van der Waals surface area contributed by atoms with E-state index >= 15 is 0 Å². The molecule has 2 heterocycles. The van der Waals surface area contributed by atoms with Gasteiger partial charge in [-0.15, -0.1) is 0 Å². The van der Waals surface area contributed by atoms with E-state index in [2.05, 4.69) is 23.0 Å². The van der Waals surface area contributed by atoms with Gasteiger partial charge in [0, 0.05) is 43.3 Å². The molecule has 0 saturated carbocycles. The molecule has 0 N–H and O–H groups in total. The van der Waals surface area contributed by atoms with Crippen LogP contribution in [0, 0.1) is 0 Å². The number of carbonyl (C=O) groups is 1. The van der Waals surface area contributed by atoms with E-state index in [0.29, 0.717) is 12.1 Å². The topological polar surface area (TPSA) is 36.4 Å². The maximum atomic E-state index is 12.7. The van der Waals surface area contributed by atoms with Gasteiger partial charge in [-0.25, -0.2) is 0 Å². The molecule has 1 aromatic heterocycles. The summed E-state index contributed by atoms with van der Waals surface area (Å²) in [5, 5.41) is 0. The summed E-state index contributed by atoms with van der Waals surface area (Å²) in [6, 6.07) is 11.6. The van der Waals surface area contributed by atoms with Gasteiger partial charge in [-0.1, -0.05) is 18.2 Å². The molecule has 0 atom stereocenters. The predicted molar refractivity (Wildman–Crippen MR) is 78.7 cm³/mol. The second-order valence-electron chi connectivity index (χ2n) is 5.06. The first-order valence-corrected chi connectivity index (χ1v) is 6.74. The molecule has 4 heteroatoms. The lowest BCUT2D eigenvalue weighted by Gasteiger charge is -2.22. The number of aromatic nitrogens is 1. The summed E-state index contributed by atoms with van der Waals surface area (Å²) in [7, 11) is 2.08. The summed E-state index contributed by atoms with van der Waals surface area (Å²) in [5.74, 6) is 0.0372. The Labute approximate surface area is 118 Å².